The first kappa shape index (κ1) is 13.7. The van der Waals surface area contributed by atoms with Gasteiger partial charge in [-0.25, -0.2) is 0 Å². The molecular weight excluding hydrogens is 254 g/mol. The third-order valence-corrected chi connectivity index (χ3v) is 2.56. The first-order valence-electron chi connectivity index (χ1n) is 5.09. The first-order valence-corrected chi connectivity index (χ1v) is 5.87. The van der Waals surface area contributed by atoms with Crippen LogP contribution in [0.4, 0.5) is 0 Å². The quantitative estimate of drug-likeness (QED) is 0.381. The minimum atomic E-state index is 0.455. The molecule has 0 saturated heterocycles. The molecular formula is C12H14ClN3S. The number of hydrogen-bond donors (Lipinski definition) is 2. The minimum absolute atomic E-state index is 0.455. The van der Waals surface area contributed by atoms with Crippen molar-refractivity contribution in [3.05, 3.63) is 47.5 Å². The Hall–Kier alpha value is -1.39. The summed E-state index contributed by atoms with van der Waals surface area (Å²) < 4.78 is 0. The second kappa shape index (κ2) is 7.04. The monoisotopic (exact) mass is 267 g/mol. The molecule has 17 heavy (non-hydrogen) atoms. The summed E-state index contributed by atoms with van der Waals surface area (Å²) in [4.78, 5) is 0. The molecule has 0 fully saturated rings. The van der Waals surface area contributed by atoms with E-state index in [2.05, 4.69) is 22.4 Å². The number of hydrogen-bond acceptors (Lipinski definition) is 2. The first-order chi connectivity index (χ1) is 8.15. The zero-order chi connectivity index (χ0) is 12.7. The zero-order valence-electron chi connectivity index (χ0n) is 9.53. The average molecular weight is 268 g/mol. The number of rotatable bonds is 4. The van der Waals surface area contributed by atoms with Crippen molar-refractivity contribution in [1.29, 1.82) is 0 Å². The van der Waals surface area contributed by atoms with Gasteiger partial charge in [0, 0.05) is 17.1 Å². The molecule has 0 aliphatic rings. The predicted octanol–water partition coefficient (Wildman–Crippen LogP) is 2.71. The molecule has 3 nitrogen and oxygen atoms in total. The highest BCUT2D eigenvalue weighted by Crippen LogP contribution is 2.15. The Bertz CT molecular complexity index is 443. The Labute approximate surface area is 112 Å². The number of halogens is 1. The fraction of sp³-hybridized carbons (Fsp3) is 0.167. The number of nitrogens with one attached hydrogen (secondary N) is 2. The van der Waals surface area contributed by atoms with Crippen LogP contribution in [0.5, 0.6) is 0 Å². The van der Waals surface area contributed by atoms with Crippen molar-refractivity contribution in [1.82, 2.24) is 10.7 Å². The van der Waals surface area contributed by atoms with E-state index in [1.165, 1.54) is 0 Å². The Morgan fingerprint density at radius 2 is 2.24 bits per heavy atom. The van der Waals surface area contributed by atoms with E-state index < -0.39 is 0 Å². The van der Waals surface area contributed by atoms with E-state index >= 15 is 0 Å². The summed E-state index contributed by atoms with van der Waals surface area (Å²) in [5, 5.41) is 8.19. The van der Waals surface area contributed by atoms with Gasteiger partial charge < -0.3 is 5.32 Å². The van der Waals surface area contributed by atoms with Gasteiger partial charge in [0.05, 0.1) is 5.71 Å². The molecule has 0 unspecified atom stereocenters. The van der Waals surface area contributed by atoms with Crippen molar-refractivity contribution in [2.24, 2.45) is 5.10 Å². The van der Waals surface area contributed by atoms with Gasteiger partial charge in [-0.15, -0.1) is 6.58 Å². The molecule has 0 spiro atoms. The van der Waals surface area contributed by atoms with Crippen LogP contribution in [0.25, 0.3) is 0 Å². The van der Waals surface area contributed by atoms with Crippen molar-refractivity contribution in [3.8, 4) is 0 Å². The van der Waals surface area contributed by atoms with Gasteiger partial charge in [-0.2, -0.15) is 5.10 Å². The van der Waals surface area contributed by atoms with Crippen LogP contribution in [-0.2, 0) is 0 Å². The largest absolute Gasteiger partial charge is 0.358 e. The molecule has 90 valence electrons. The normalized spacial score (nSPS) is 10.8. The SMILES string of the molecule is C=CCNC(=S)N/N=C(/C)c1ccccc1Cl. The molecule has 1 aromatic carbocycles. The lowest BCUT2D eigenvalue weighted by atomic mass is 10.1. The van der Waals surface area contributed by atoms with Crippen molar-refractivity contribution < 1.29 is 0 Å². The van der Waals surface area contributed by atoms with E-state index in [0.717, 1.165) is 11.3 Å². The van der Waals surface area contributed by atoms with E-state index in [1.807, 2.05) is 31.2 Å². The number of benzene rings is 1. The van der Waals surface area contributed by atoms with Gasteiger partial charge in [-0.1, -0.05) is 35.9 Å². The highest BCUT2D eigenvalue weighted by molar-refractivity contribution is 7.80. The van der Waals surface area contributed by atoms with E-state index in [0.29, 0.717) is 16.7 Å². The Kier molecular flexibility index (Phi) is 5.66. The second-order valence-electron chi connectivity index (χ2n) is 3.29. The van der Waals surface area contributed by atoms with Crippen LogP contribution in [0, 0.1) is 0 Å². The summed E-state index contributed by atoms with van der Waals surface area (Å²) in [7, 11) is 0. The third kappa shape index (κ3) is 4.54. The number of hydrazone groups is 1. The van der Waals surface area contributed by atoms with E-state index in [4.69, 9.17) is 23.8 Å². The molecule has 5 heteroatoms. The van der Waals surface area contributed by atoms with Crippen molar-refractivity contribution in [2.45, 2.75) is 6.92 Å². The van der Waals surface area contributed by atoms with Crippen LogP contribution in [0.3, 0.4) is 0 Å². The molecule has 0 aliphatic heterocycles. The third-order valence-electron chi connectivity index (χ3n) is 2.00. The Balaban J connectivity index is 2.64. The number of thiocarbonyl (C=S) groups is 1. The molecule has 0 saturated carbocycles. The highest BCUT2D eigenvalue weighted by atomic mass is 35.5. The lowest BCUT2D eigenvalue weighted by molar-refractivity contribution is 0.936. The smallest absolute Gasteiger partial charge is 0.187 e. The fourth-order valence-electron chi connectivity index (χ4n) is 1.15. The van der Waals surface area contributed by atoms with Gasteiger partial charge in [0.25, 0.3) is 0 Å². The van der Waals surface area contributed by atoms with Crippen LogP contribution in [0.2, 0.25) is 5.02 Å². The van der Waals surface area contributed by atoms with Crippen LogP contribution in [0.15, 0.2) is 42.0 Å². The van der Waals surface area contributed by atoms with E-state index in [1.54, 1.807) is 6.08 Å². The standard InChI is InChI=1S/C12H14ClN3S/c1-3-8-14-12(17)16-15-9(2)10-6-4-5-7-11(10)13/h3-7H,1,8H2,2H3,(H2,14,16,17)/b15-9-. The Morgan fingerprint density at radius 3 is 2.88 bits per heavy atom. The summed E-state index contributed by atoms with van der Waals surface area (Å²) in [5.41, 5.74) is 4.40. The van der Waals surface area contributed by atoms with Gasteiger partial charge in [0.1, 0.15) is 0 Å². The van der Waals surface area contributed by atoms with Gasteiger partial charge >= 0.3 is 0 Å². The molecule has 2 N–H and O–H groups in total. The summed E-state index contributed by atoms with van der Waals surface area (Å²) >= 11 is 11.1. The summed E-state index contributed by atoms with van der Waals surface area (Å²) in [6.07, 6.45) is 1.72. The summed E-state index contributed by atoms with van der Waals surface area (Å²) in [6, 6.07) is 7.52. The lowest BCUT2D eigenvalue weighted by Gasteiger charge is -2.06. The maximum Gasteiger partial charge on any atom is 0.187 e. The molecule has 0 atom stereocenters. The maximum absolute atomic E-state index is 6.05. The maximum atomic E-state index is 6.05. The predicted molar refractivity (Wildman–Crippen MR) is 77.6 cm³/mol. The average Bonchev–Trinajstić information content (AvgIpc) is 2.34. The minimum Gasteiger partial charge on any atom is -0.358 e. The van der Waals surface area contributed by atoms with Crippen molar-refractivity contribution >= 4 is 34.6 Å². The van der Waals surface area contributed by atoms with Gasteiger partial charge in [-0.05, 0) is 25.2 Å². The molecule has 0 aromatic heterocycles. The summed E-state index contributed by atoms with van der Waals surface area (Å²) in [5.74, 6) is 0. The fourth-order valence-corrected chi connectivity index (χ4v) is 1.56. The van der Waals surface area contributed by atoms with Crippen molar-refractivity contribution in [3.63, 3.8) is 0 Å². The van der Waals surface area contributed by atoms with Crippen molar-refractivity contribution in [2.75, 3.05) is 6.54 Å². The van der Waals surface area contributed by atoms with Crippen LogP contribution in [-0.4, -0.2) is 17.4 Å². The van der Waals surface area contributed by atoms with Crippen LogP contribution >= 0.6 is 23.8 Å². The zero-order valence-corrected chi connectivity index (χ0v) is 11.1. The Morgan fingerprint density at radius 1 is 1.53 bits per heavy atom. The van der Waals surface area contributed by atoms with Crippen LogP contribution < -0.4 is 10.7 Å². The van der Waals surface area contributed by atoms with Gasteiger partial charge in [0.15, 0.2) is 5.11 Å². The molecule has 0 radical (unpaired) electrons. The summed E-state index contributed by atoms with van der Waals surface area (Å²) in [6.45, 7) is 6.05. The van der Waals surface area contributed by atoms with Gasteiger partial charge in [-0.3, -0.25) is 5.43 Å². The molecule has 0 aliphatic carbocycles. The molecule has 1 rings (SSSR count). The second-order valence-corrected chi connectivity index (χ2v) is 4.10. The molecule has 1 aromatic rings. The van der Waals surface area contributed by atoms with Crippen LogP contribution in [0.1, 0.15) is 12.5 Å². The topological polar surface area (TPSA) is 36.4 Å². The highest BCUT2D eigenvalue weighted by Gasteiger charge is 2.02. The van der Waals surface area contributed by atoms with E-state index in [-0.39, 0.29) is 0 Å². The lowest BCUT2D eigenvalue weighted by Crippen LogP contribution is -2.32. The molecule has 0 amide bonds. The number of nitrogens with zero attached hydrogens (tertiary/aromatic N) is 1. The van der Waals surface area contributed by atoms with E-state index in [9.17, 15) is 0 Å². The molecule has 0 bridgehead atoms. The van der Waals surface area contributed by atoms with Gasteiger partial charge in [0.2, 0.25) is 0 Å². The molecule has 0 heterocycles.